The van der Waals surface area contributed by atoms with Crippen LogP contribution in [0.25, 0.3) is 0 Å². The highest BCUT2D eigenvalue weighted by Gasteiger charge is 2.51. The zero-order valence-electron chi connectivity index (χ0n) is 10.7. The number of allylic oxidation sites excluding steroid dienone is 1. The van der Waals surface area contributed by atoms with Gasteiger partial charge in [0.15, 0.2) is 0 Å². The molecule has 3 rings (SSSR count). The maximum Gasteiger partial charge on any atom is 0.334 e. The highest BCUT2D eigenvalue weighted by atomic mass is 16.6. The van der Waals surface area contributed by atoms with E-state index in [-0.39, 0.29) is 23.4 Å². The summed E-state index contributed by atoms with van der Waals surface area (Å²) in [7, 11) is 0. The van der Waals surface area contributed by atoms with E-state index in [1.54, 1.807) is 0 Å². The molecule has 0 aromatic heterocycles. The summed E-state index contributed by atoms with van der Waals surface area (Å²) < 4.78 is 5.59. The maximum atomic E-state index is 11.7. The van der Waals surface area contributed by atoms with E-state index < -0.39 is 0 Å². The van der Waals surface area contributed by atoms with Crippen molar-refractivity contribution in [3.05, 3.63) is 23.3 Å². The average molecular weight is 232 g/mol. The normalized spacial score (nSPS) is 41.1. The van der Waals surface area contributed by atoms with Crippen LogP contribution in [0.4, 0.5) is 0 Å². The molecule has 1 aliphatic heterocycles. The summed E-state index contributed by atoms with van der Waals surface area (Å²) in [6.45, 7) is 8.46. The van der Waals surface area contributed by atoms with E-state index in [1.165, 1.54) is 30.4 Å². The Morgan fingerprint density at radius 1 is 1.41 bits per heavy atom. The standard InChI is InChI=1S/C15H20O2/c1-9-5-4-7-15(3)8-6-11-10(2)14(16)17-13(11)12(9)15/h11,13H,2,4-8H2,1,3H3/t11-,13+,15+/m1/s1. The quantitative estimate of drug-likeness (QED) is 0.363. The first kappa shape index (κ1) is 11.1. The Bertz CT molecular complexity index is 432. The first-order valence-corrected chi connectivity index (χ1v) is 6.63. The van der Waals surface area contributed by atoms with Gasteiger partial charge in [0.25, 0.3) is 0 Å². The Morgan fingerprint density at radius 3 is 2.94 bits per heavy atom. The molecular formula is C15H20O2. The fourth-order valence-corrected chi connectivity index (χ4v) is 4.04. The second kappa shape index (κ2) is 3.47. The highest BCUT2D eigenvalue weighted by molar-refractivity contribution is 5.91. The second-order valence-electron chi connectivity index (χ2n) is 6.10. The van der Waals surface area contributed by atoms with E-state index in [1.807, 2.05) is 0 Å². The van der Waals surface area contributed by atoms with E-state index in [4.69, 9.17) is 4.74 Å². The lowest BCUT2D eigenvalue weighted by Gasteiger charge is -2.45. The smallest absolute Gasteiger partial charge is 0.334 e. The summed E-state index contributed by atoms with van der Waals surface area (Å²) in [6, 6.07) is 0. The molecule has 0 amide bonds. The first-order valence-electron chi connectivity index (χ1n) is 6.63. The number of rotatable bonds is 0. The fourth-order valence-electron chi connectivity index (χ4n) is 4.04. The van der Waals surface area contributed by atoms with Gasteiger partial charge in [0.1, 0.15) is 6.10 Å². The lowest BCUT2D eigenvalue weighted by atomic mass is 9.60. The molecule has 3 atom stereocenters. The third kappa shape index (κ3) is 1.42. The van der Waals surface area contributed by atoms with Gasteiger partial charge in [0.05, 0.1) is 0 Å². The minimum Gasteiger partial charge on any atom is -0.454 e. The van der Waals surface area contributed by atoms with Crippen LogP contribution >= 0.6 is 0 Å². The topological polar surface area (TPSA) is 26.3 Å². The van der Waals surface area contributed by atoms with Gasteiger partial charge < -0.3 is 4.74 Å². The van der Waals surface area contributed by atoms with Gasteiger partial charge in [-0.25, -0.2) is 4.79 Å². The van der Waals surface area contributed by atoms with Crippen molar-refractivity contribution in [2.45, 2.75) is 52.1 Å². The van der Waals surface area contributed by atoms with E-state index in [0.29, 0.717) is 5.57 Å². The molecule has 1 saturated heterocycles. The van der Waals surface area contributed by atoms with Gasteiger partial charge in [-0.05, 0) is 50.0 Å². The molecule has 0 unspecified atom stereocenters. The van der Waals surface area contributed by atoms with Crippen LogP contribution in [0.2, 0.25) is 0 Å². The van der Waals surface area contributed by atoms with Gasteiger partial charge in [-0.1, -0.05) is 19.1 Å². The Labute approximate surface area is 103 Å². The Morgan fingerprint density at radius 2 is 2.18 bits per heavy atom. The van der Waals surface area contributed by atoms with E-state index in [2.05, 4.69) is 20.4 Å². The number of carbonyl (C=O) groups excluding carboxylic acids is 1. The number of ether oxygens (including phenoxy) is 1. The van der Waals surface area contributed by atoms with Crippen LogP contribution in [0.3, 0.4) is 0 Å². The molecule has 2 heteroatoms. The molecule has 92 valence electrons. The zero-order valence-corrected chi connectivity index (χ0v) is 10.7. The minimum absolute atomic E-state index is 0.00838. The third-order valence-electron chi connectivity index (χ3n) is 4.99. The van der Waals surface area contributed by atoms with Crippen LogP contribution in [-0.4, -0.2) is 12.1 Å². The molecule has 0 aromatic rings. The molecule has 2 nitrogen and oxygen atoms in total. The van der Waals surface area contributed by atoms with Crippen molar-refractivity contribution in [2.24, 2.45) is 11.3 Å². The fraction of sp³-hybridized carbons (Fsp3) is 0.667. The highest BCUT2D eigenvalue weighted by Crippen LogP contribution is 2.55. The molecule has 0 N–H and O–H groups in total. The van der Waals surface area contributed by atoms with Gasteiger partial charge in [-0.3, -0.25) is 0 Å². The molecule has 0 spiro atoms. The molecule has 2 aliphatic carbocycles. The molecule has 0 radical (unpaired) electrons. The Kier molecular flexibility index (Phi) is 2.26. The SMILES string of the molecule is C=C1C(=O)O[C@@H]2C3=C(C)CCC[C@@]3(C)CC[C@H]12. The zero-order chi connectivity index (χ0) is 12.2. The molecule has 1 heterocycles. The van der Waals surface area contributed by atoms with Crippen LogP contribution < -0.4 is 0 Å². The molecular weight excluding hydrogens is 212 g/mol. The number of fused-ring (bicyclic) bond motifs is 3. The van der Waals surface area contributed by atoms with Gasteiger partial charge in [0, 0.05) is 11.5 Å². The van der Waals surface area contributed by atoms with Crippen molar-refractivity contribution in [1.82, 2.24) is 0 Å². The lowest BCUT2D eigenvalue weighted by Crippen LogP contribution is -2.39. The van der Waals surface area contributed by atoms with Crippen LogP contribution in [0.15, 0.2) is 23.3 Å². The molecule has 17 heavy (non-hydrogen) atoms. The predicted molar refractivity (Wildman–Crippen MR) is 66.4 cm³/mol. The van der Waals surface area contributed by atoms with Crippen LogP contribution in [-0.2, 0) is 9.53 Å². The summed E-state index contributed by atoms with van der Waals surface area (Å²) in [4.78, 5) is 11.7. The summed E-state index contributed by atoms with van der Waals surface area (Å²) in [5.74, 6) is 0.0775. The third-order valence-corrected chi connectivity index (χ3v) is 4.99. The number of hydrogen-bond donors (Lipinski definition) is 0. The number of hydrogen-bond acceptors (Lipinski definition) is 2. The summed E-state index contributed by atoms with van der Waals surface area (Å²) >= 11 is 0. The molecule has 2 fully saturated rings. The second-order valence-corrected chi connectivity index (χ2v) is 6.10. The molecule has 1 saturated carbocycles. The van der Waals surface area contributed by atoms with Crippen molar-refractivity contribution in [2.75, 3.05) is 0 Å². The first-order chi connectivity index (χ1) is 8.03. The van der Waals surface area contributed by atoms with Gasteiger partial charge in [0.2, 0.25) is 0 Å². The summed E-state index contributed by atoms with van der Waals surface area (Å²) in [6.07, 6.45) is 5.93. The van der Waals surface area contributed by atoms with Crippen molar-refractivity contribution in [3.8, 4) is 0 Å². The molecule has 0 bridgehead atoms. The van der Waals surface area contributed by atoms with Gasteiger partial charge >= 0.3 is 5.97 Å². The maximum absolute atomic E-state index is 11.7. The summed E-state index contributed by atoms with van der Waals surface area (Å²) in [5, 5.41) is 0. The van der Waals surface area contributed by atoms with Crippen LogP contribution in [0.5, 0.6) is 0 Å². The summed E-state index contributed by atoms with van der Waals surface area (Å²) in [5.41, 5.74) is 3.85. The number of carbonyl (C=O) groups is 1. The van der Waals surface area contributed by atoms with Crippen molar-refractivity contribution in [1.29, 1.82) is 0 Å². The van der Waals surface area contributed by atoms with E-state index >= 15 is 0 Å². The molecule has 3 aliphatic rings. The molecule has 0 aromatic carbocycles. The number of esters is 1. The van der Waals surface area contributed by atoms with Gasteiger partial charge in [-0.15, -0.1) is 0 Å². The predicted octanol–water partition coefficient (Wildman–Crippen LogP) is 3.38. The van der Waals surface area contributed by atoms with Gasteiger partial charge in [-0.2, -0.15) is 0 Å². The average Bonchev–Trinajstić information content (AvgIpc) is 2.54. The monoisotopic (exact) mass is 232 g/mol. The minimum atomic E-state index is -0.171. The van der Waals surface area contributed by atoms with Crippen LogP contribution in [0, 0.1) is 11.3 Å². The van der Waals surface area contributed by atoms with Crippen molar-refractivity contribution >= 4 is 5.97 Å². The van der Waals surface area contributed by atoms with Crippen LogP contribution in [0.1, 0.15) is 46.0 Å². The Balaban J connectivity index is 2.06. The van der Waals surface area contributed by atoms with E-state index in [9.17, 15) is 4.79 Å². The lowest BCUT2D eigenvalue weighted by molar-refractivity contribution is -0.138. The van der Waals surface area contributed by atoms with E-state index in [0.717, 1.165) is 12.8 Å². The largest absolute Gasteiger partial charge is 0.454 e. The Hall–Kier alpha value is -1.05. The van der Waals surface area contributed by atoms with Crippen molar-refractivity contribution in [3.63, 3.8) is 0 Å². The van der Waals surface area contributed by atoms with Crippen molar-refractivity contribution < 1.29 is 9.53 Å².